The van der Waals surface area contributed by atoms with Crippen molar-refractivity contribution in [1.29, 1.82) is 0 Å². The van der Waals surface area contributed by atoms with Crippen LogP contribution in [0.15, 0.2) is 48.7 Å². The number of carbonyl (C=O) groups is 1. The van der Waals surface area contributed by atoms with E-state index in [1.165, 1.54) is 0 Å². The van der Waals surface area contributed by atoms with Gasteiger partial charge >= 0.3 is 5.97 Å². The van der Waals surface area contributed by atoms with E-state index < -0.39 is 12.0 Å². The molecule has 0 unspecified atom stereocenters. The minimum atomic E-state index is -0.864. The second kappa shape index (κ2) is 8.29. The number of benzene rings is 2. The first kappa shape index (κ1) is 20.5. The number of aromatic nitrogens is 2. The van der Waals surface area contributed by atoms with Crippen LogP contribution >= 0.6 is 11.3 Å². The third kappa shape index (κ3) is 3.61. The molecular weight excluding hydrogens is 426 g/mol. The van der Waals surface area contributed by atoms with Gasteiger partial charge in [0.15, 0.2) is 0 Å². The van der Waals surface area contributed by atoms with Crippen molar-refractivity contribution in [3.8, 4) is 22.1 Å². The highest BCUT2D eigenvalue weighted by Crippen LogP contribution is 2.37. The molecule has 0 fully saturated rings. The number of fused-ring (bicyclic) bond motifs is 2. The van der Waals surface area contributed by atoms with Crippen molar-refractivity contribution in [3.63, 3.8) is 0 Å². The highest BCUT2D eigenvalue weighted by molar-refractivity contribution is 7.15. The maximum absolute atomic E-state index is 12.4. The molecule has 164 valence electrons. The smallest absolute Gasteiger partial charge is 0.325 e. The average Bonchev–Trinajstić information content (AvgIpc) is 3.43. The molecule has 1 atom stereocenters. The van der Waals surface area contributed by atoms with Gasteiger partial charge in [0, 0.05) is 52.6 Å². The molecule has 0 amide bonds. The van der Waals surface area contributed by atoms with Crippen LogP contribution in [0.3, 0.4) is 0 Å². The largest absolute Gasteiger partial charge is 0.497 e. The number of rotatable bonds is 6. The number of nitrogens with one attached hydrogen (secondary N) is 1. The van der Waals surface area contributed by atoms with Crippen LogP contribution in [0.1, 0.15) is 22.2 Å². The van der Waals surface area contributed by atoms with Gasteiger partial charge in [-0.05, 0) is 42.5 Å². The highest BCUT2D eigenvalue weighted by atomic mass is 32.1. The predicted molar refractivity (Wildman–Crippen MR) is 123 cm³/mol. The molecule has 2 aromatic heterocycles. The lowest BCUT2D eigenvalue weighted by Gasteiger charge is -2.31. The molecule has 4 aromatic rings. The fourth-order valence-electron chi connectivity index (χ4n) is 4.25. The average molecular weight is 450 g/mol. The topological polar surface area (TPSA) is 87.7 Å². The number of methoxy groups -OCH3 is 2. The Labute approximate surface area is 189 Å². The molecule has 0 radical (unpaired) electrons. The Morgan fingerprint density at radius 3 is 2.62 bits per heavy atom. The summed E-state index contributed by atoms with van der Waals surface area (Å²) in [7, 11) is 3.26. The molecule has 7 nitrogen and oxygen atoms in total. The Hall–Kier alpha value is -3.36. The van der Waals surface area contributed by atoms with Crippen LogP contribution < -0.4 is 9.47 Å². The van der Waals surface area contributed by atoms with Crippen LogP contribution in [0, 0.1) is 0 Å². The van der Waals surface area contributed by atoms with E-state index in [1.54, 1.807) is 31.8 Å². The Bertz CT molecular complexity index is 1280. The summed E-state index contributed by atoms with van der Waals surface area (Å²) in [4.78, 5) is 23.6. The number of carboxylic acids is 1. The minimum absolute atomic E-state index is 0.552. The number of thiazole rings is 1. The van der Waals surface area contributed by atoms with Crippen molar-refractivity contribution in [2.24, 2.45) is 0 Å². The molecule has 0 saturated heterocycles. The monoisotopic (exact) mass is 449 g/mol. The van der Waals surface area contributed by atoms with Gasteiger partial charge in [0.25, 0.3) is 0 Å². The SMILES string of the molecule is COc1ccc(-c2nc3c(s2)CN([C@H](C(=O)O)c2c[nH]c4ccc(OC)cc24)CC3)cc1. The van der Waals surface area contributed by atoms with Crippen LogP contribution in [0.2, 0.25) is 0 Å². The lowest BCUT2D eigenvalue weighted by molar-refractivity contribution is -0.144. The Morgan fingerprint density at radius 2 is 1.91 bits per heavy atom. The van der Waals surface area contributed by atoms with E-state index in [0.717, 1.165) is 49.8 Å². The van der Waals surface area contributed by atoms with E-state index in [0.29, 0.717) is 18.8 Å². The summed E-state index contributed by atoms with van der Waals surface area (Å²) in [6.07, 6.45) is 2.52. The van der Waals surface area contributed by atoms with Crippen LogP contribution in [-0.2, 0) is 17.8 Å². The zero-order valence-corrected chi connectivity index (χ0v) is 18.6. The van der Waals surface area contributed by atoms with Gasteiger partial charge in [0.05, 0.1) is 19.9 Å². The van der Waals surface area contributed by atoms with Crippen molar-refractivity contribution in [2.45, 2.75) is 19.0 Å². The Kier molecular flexibility index (Phi) is 5.32. The standard InChI is InChI=1S/C24H23N3O4S/c1-30-15-5-3-14(4-6-15)23-26-20-9-10-27(13-21(20)32-23)22(24(28)29)18-12-25-19-8-7-16(31-2)11-17(18)19/h3-8,11-12,22,25H,9-10,13H2,1-2H3,(H,28,29)/t22-/m0/s1. The van der Waals surface area contributed by atoms with Gasteiger partial charge in [-0.1, -0.05) is 0 Å². The fraction of sp³-hybridized carbons (Fsp3) is 0.250. The molecule has 2 aromatic carbocycles. The second-order valence-electron chi connectivity index (χ2n) is 7.73. The summed E-state index contributed by atoms with van der Waals surface area (Å²) in [5.74, 6) is 0.646. The molecular formula is C24H23N3O4S. The van der Waals surface area contributed by atoms with E-state index in [-0.39, 0.29) is 0 Å². The number of aliphatic carboxylic acids is 1. The molecule has 8 heteroatoms. The zero-order valence-electron chi connectivity index (χ0n) is 17.8. The van der Waals surface area contributed by atoms with Crippen molar-refractivity contribution in [1.82, 2.24) is 14.9 Å². The lowest BCUT2D eigenvalue weighted by atomic mass is 10.0. The normalized spacial score (nSPS) is 14.8. The van der Waals surface area contributed by atoms with Crippen LogP contribution in [0.5, 0.6) is 11.5 Å². The lowest BCUT2D eigenvalue weighted by Crippen LogP contribution is -2.37. The van der Waals surface area contributed by atoms with Gasteiger partial charge in [0.2, 0.25) is 0 Å². The van der Waals surface area contributed by atoms with Gasteiger partial charge in [-0.15, -0.1) is 11.3 Å². The van der Waals surface area contributed by atoms with Gasteiger partial charge in [-0.25, -0.2) is 4.98 Å². The van der Waals surface area contributed by atoms with Crippen molar-refractivity contribution in [3.05, 3.63) is 64.8 Å². The first-order valence-corrected chi connectivity index (χ1v) is 11.1. The maximum Gasteiger partial charge on any atom is 0.325 e. The summed E-state index contributed by atoms with van der Waals surface area (Å²) < 4.78 is 10.6. The highest BCUT2D eigenvalue weighted by Gasteiger charge is 2.33. The number of hydrogen-bond acceptors (Lipinski definition) is 6. The number of aromatic amines is 1. The van der Waals surface area contributed by atoms with Gasteiger partial charge in [-0.2, -0.15) is 0 Å². The fourth-order valence-corrected chi connectivity index (χ4v) is 5.39. The summed E-state index contributed by atoms with van der Waals surface area (Å²) in [5, 5.41) is 12.0. The van der Waals surface area contributed by atoms with E-state index in [9.17, 15) is 9.90 Å². The third-order valence-electron chi connectivity index (χ3n) is 5.91. The number of ether oxygens (including phenoxy) is 2. The molecule has 3 heterocycles. The van der Waals surface area contributed by atoms with E-state index in [2.05, 4.69) is 4.98 Å². The van der Waals surface area contributed by atoms with E-state index in [1.807, 2.05) is 47.4 Å². The minimum Gasteiger partial charge on any atom is -0.497 e. The Balaban J connectivity index is 1.45. The molecule has 2 N–H and O–H groups in total. The molecule has 1 aliphatic rings. The quantitative estimate of drug-likeness (QED) is 0.451. The number of nitrogens with zero attached hydrogens (tertiary/aromatic N) is 2. The summed E-state index contributed by atoms with van der Waals surface area (Å²) >= 11 is 1.63. The number of hydrogen-bond donors (Lipinski definition) is 2. The van der Waals surface area contributed by atoms with Gasteiger partial charge < -0.3 is 19.6 Å². The molecule has 32 heavy (non-hydrogen) atoms. The van der Waals surface area contributed by atoms with Crippen molar-refractivity contribution in [2.75, 3.05) is 20.8 Å². The summed E-state index contributed by atoms with van der Waals surface area (Å²) in [5.41, 5.74) is 3.73. The molecule has 0 saturated carbocycles. The van der Waals surface area contributed by atoms with Crippen LogP contribution in [-0.4, -0.2) is 46.7 Å². The van der Waals surface area contributed by atoms with E-state index >= 15 is 0 Å². The molecule has 0 aliphatic carbocycles. The number of H-pyrrole nitrogens is 1. The van der Waals surface area contributed by atoms with Crippen LogP contribution in [0.4, 0.5) is 0 Å². The predicted octanol–water partition coefficient (Wildman–Crippen LogP) is 4.49. The molecule has 0 spiro atoms. The third-order valence-corrected chi connectivity index (χ3v) is 7.04. The Morgan fingerprint density at radius 1 is 1.16 bits per heavy atom. The second-order valence-corrected chi connectivity index (χ2v) is 8.82. The van der Waals surface area contributed by atoms with Crippen LogP contribution in [0.25, 0.3) is 21.5 Å². The maximum atomic E-state index is 12.4. The number of carboxylic acid groups (broad SMARTS) is 1. The van der Waals surface area contributed by atoms with Crippen molar-refractivity contribution < 1.29 is 19.4 Å². The molecule has 1 aliphatic heterocycles. The summed E-state index contributed by atoms with van der Waals surface area (Å²) in [6.45, 7) is 1.18. The zero-order chi connectivity index (χ0) is 22.2. The van der Waals surface area contributed by atoms with Gasteiger partial charge in [0.1, 0.15) is 22.5 Å². The summed E-state index contributed by atoms with van der Waals surface area (Å²) in [6, 6.07) is 12.8. The first-order valence-electron chi connectivity index (χ1n) is 10.3. The molecule has 5 rings (SSSR count). The van der Waals surface area contributed by atoms with E-state index in [4.69, 9.17) is 14.5 Å². The van der Waals surface area contributed by atoms with Crippen molar-refractivity contribution >= 4 is 28.2 Å². The molecule has 0 bridgehead atoms. The first-order chi connectivity index (χ1) is 15.6. The van der Waals surface area contributed by atoms with Gasteiger partial charge in [-0.3, -0.25) is 9.69 Å².